The SMILES string of the molecule is O=C(N[C@H]1CC[C@@H](C(=O)O)C1)c1occc1CN1C(=O)Cc2ccccc21. The number of rotatable bonds is 5. The van der Waals surface area contributed by atoms with Gasteiger partial charge in [-0.3, -0.25) is 14.4 Å². The third-order valence-corrected chi connectivity index (χ3v) is 5.32. The highest BCUT2D eigenvalue weighted by molar-refractivity contribution is 6.01. The predicted octanol–water partition coefficient (Wildman–Crippen LogP) is 2.35. The topological polar surface area (TPSA) is 99.8 Å². The van der Waals surface area contributed by atoms with Gasteiger partial charge in [0.25, 0.3) is 5.91 Å². The van der Waals surface area contributed by atoms with Crippen LogP contribution in [0, 0.1) is 5.92 Å². The third kappa shape index (κ3) is 3.32. The number of amides is 2. The lowest BCUT2D eigenvalue weighted by molar-refractivity contribution is -0.141. The average Bonchev–Trinajstić information content (AvgIpc) is 3.35. The molecule has 1 aromatic heterocycles. The number of nitrogens with one attached hydrogen (secondary N) is 1. The highest BCUT2D eigenvalue weighted by atomic mass is 16.4. The zero-order valence-electron chi connectivity index (χ0n) is 14.7. The maximum atomic E-state index is 12.6. The maximum Gasteiger partial charge on any atom is 0.306 e. The molecule has 0 spiro atoms. The van der Waals surface area contributed by atoms with Crippen LogP contribution in [0.1, 0.15) is 40.9 Å². The predicted molar refractivity (Wildman–Crippen MR) is 96.3 cm³/mol. The third-order valence-electron chi connectivity index (χ3n) is 5.32. The largest absolute Gasteiger partial charge is 0.481 e. The summed E-state index contributed by atoms with van der Waals surface area (Å²) in [7, 11) is 0. The summed E-state index contributed by atoms with van der Waals surface area (Å²) in [5, 5.41) is 12.0. The number of carbonyl (C=O) groups is 3. The summed E-state index contributed by atoms with van der Waals surface area (Å²) in [5.74, 6) is -1.44. The van der Waals surface area contributed by atoms with Crippen LogP contribution in [0.5, 0.6) is 0 Å². The lowest BCUT2D eigenvalue weighted by Crippen LogP contribution is -2.34. The molecule has 1 fully saturated rings. The van der Waals surface area contributed by atoms with E-state index in [2.05, 4.69) is 5.32 Å². The molecular formula is C20H20N2O5. The van der Waals surface area contributed by atoms with Crippen molar-refractivity contribution in [3.05, 3.63) is 53.5 Å². The fraction of sp³-hybridized carbons (Fsp3) is 0.350. The number of carboxylic acids is 1. The van der Waals surface area contributed by atoms with Crippen molar-refractivity contribution in [3.8, 4) is 0 Å². The van der Waals surface area contributed by atoms with Gasteiger partial charge in [0, 0.05) is 17.3 Å². The monoisotopic (exact) mass is 368 g/mol. The van der Waals surface area contributed by atoms with Crippen molar-refractivity contribution in [2.45, 2.75) is 38.3 Å². The Morgan fingerprint density at radius 2 is 2.04 bits per heavy atom. The Bertz CT molecular complexity index is 903. The smallest absolute Gasteiger partial charge is 0.306 e. The number of carboxylic acid groups (broad SMARTS) is 1. The van der Waals surface area contributed by atoms with E-state index in [4.69, 9.17) is 9.52 Å². The molecule has 7 nitrogen and oxygen atoms in total. The van der Waals surface area contributed by atoms with Crippen LogP contribution in [0.3, 0.4) is 0 Å². The quantitative estimate of drug-likeness (QED) is 0.844. The first-order valence-electron chi connectivity index (χ1n) is 9.01. The number of aliphatic carboxylic acids is 1. The fourth-order valence-electron chi connectivity index (χ4n) is 3.91. The maximum absolute atomic E-state index is 12.6. The van der Waals surface area contributed by atoms with Crippen LogP contribution in [-0.2, 0) is 22.6 Å². The molecule has 0 saturated heterocycles. The molecule has 2 aromatic rings. The van der Waals surface area contributed by atoms with E-state index in [-0.39, 0.29) is 30.2 Å². The van der Waals surface area contributed by atoms with Crippen molar-refractivity contribution in [1.82, 2.24) is 5.32 Å². The van der Waals surface area contributed by atoms with Crippen LogP contribution < -0.4 is 10.2 Å². The van der Waals surface area contributed by atoms with Crippen molar-refractivity contribution in [1.29, 1.82) is 0 Å². The lowest BCUT2D eigenvalue weighted by Gasteiger charge is -2.18. The molecule has 2 heterocycles. The molecule has 0 bridgehead atoms. The number of anilines is 1. The molecule has 2 atom stereocenters. The van der Waals surface area contributed by atoms with E-state index in [0.717, 1.165) is 11.3 Å². The number of carbonyl (C=O) groups excluding carboxylic acids is 2. The van der Waals surface area contributed by atoms with E-state index >= 15 is 0 Å². The normalized spacial score (nSPS) is 21.3. The van der Waals surface area contributed by atoms with Gasteiger partial charge in [0.1, 0.15) is 0 Å². The van der Waals surface area contributed by atoms with Gasteiger partial charge in [0.2, 0.25) is 5.91 Å². The van der Waals surface area contributed by atoms with Crippen molar-refractivity contribution >= 4 is 23.5 Å². The molecule has 2 aliphatic rings. The summed E-state index contributed by atoms with van der Waals surface area (Å²) in [6.07, 6.45) is 3.41. The van der Waals surface area contributed by atoms with Crippen LogP contribution in [0.2, 0.25) is 0 Å². The first kappa shape index (κ1) is 17.3. The summed E-state index contributed by atoms with van der Waals surface area (Å²) in [6.45, 7) is 0.261. The van der Waals surface area contributed by atoms with Crippen molar-refractivity contribution in [2.75, 3.05) is 4.90 Å². The van der Waals surface area contributed by atoms with Crippen LogP contribution >= 0.6 is 0 Å². The highest BCUT2D eigenvalue weighted by Crippen LogP contribution is 2.31. The first-order valence-corrected chi connectivity index (χ1v) is 9.01. The van der Waals surface area contributed by atoms with Crippen LogP contribution in [0.25, 0.3) is 0 Å². The van der Waals surface area contributed by atoms with Crippen molar-refractivity contribution in [3.63, 3.8) is 0 Å². The Morgan fingerprint density at radius 1 is 1.22 bits per heavy atom. The van der Waals surface area contributed by atoms with Crippen molar-refractivity contribution in [2.24, 2.45) is 5.92 Å². The van der Waals surface area contributed by atoms with Gasteiger partial charge in [0.05, 0.1) is 25.1 Å². The molecule has 0 radical (unpaired) electrons. The Balaban J connectivity index is 1.46. The van der Waals surface area contributed by atoms with Gasteiger partial charge in [-0.05, 0) is 37.0 Å². The molecule has 1 aliphatic heterocycles. The summed E-state index contributed by atoms with van der Waals surface area (Å²) < 4.78 is 5.38. The number of benzene rings is 1. The second-order valence-corrected chi connectivity index (χ2v) is 7.08. The second kappa shape index (κ2) is 6.90. The molecule has 1 aromatic carbocycles. The number of fused-ring (bicyclic) bond motifs is 1. The summed E-state index contributed by atoms with van der Waals surface area (Å²) in [5.41, 5.74) is 2.46. The number of hydrogen-bond acceptors (Lipinski definition) is 4. The molecule has 2 N–H and O–H groups in total. The van der Waals surface area contributed by atoms with Gasteiger partial charge in [-0.2, -0.15) is 0 Å². The van der Waals surface area contributed by atoms with Crippen molar-refractivity contribution < 1.29 is 23.9 Å². The number of furan rings is 1. The first-order chi connectivity index (χ1) is 13.0. The second-order valence-electron chi connectivity index (χ2n) is 7.08. The Hall–Kier alpha value is -3.09. The van der Waals surface area contributed by atoms with Crippen LogP contribution in [-0.4, -0.2) is 28.9 Å². The number of para-hydroxylation sites is 1. The highest BCUT2D eigenvalue weighted by Gasteiger charge is 2.32. The molecule has 0 unspecified atom stereocenters. The van der Waals surface area contributed by atoms with E-state index < -0.39 is 11.9 Å². The Morgan fingerprint density at radius 3 is 2.81 bits per heavy atom. The summed E-state index contributed by atoms with van der Waals surface area (Å²) >= 11 is 0. The molecule has 1 aliphatic carbocycles. The van der Waals surface area contributed by atoms with Gasteiger partial charge in [-0.15, -0.1) is 0 Å². The zero-order valence-corrected chi connectivity index (χ0v) is 14.7. The average molecular weight is 368 g/mol. The number of nitrogens with zero attached hydrogens (tertiary/aromatic N) is 1. The lowest BCUT2D eigenvalue weighted by atomic mass is 10.1. The minimum Gasteiger partial charge on any atom is -0.481 e. The van der Waals surface area contributed by atoms with Crippen LogP contribution in [0.4, 0.5) is 5.69 Å². The summed E-state index contributed by atoms with van der Waals surface area (Å²) in [6, 6.07) is 9.12. The van der Waals surface area contributed by atoms with E-state index in [1.165, 1.54) is 6.26 Å². The fourth-order valence-corrected chi connectivity index (χ4v) is 3.91. The standard InChI is InChI=1S/C20H20N2O5/c23-17-10-12-3-1-2-4-16(12)22(17)11-14-7-8-27-18(14)19(24)21-15-6-5-13(9-15)20(25)26/h1-4,7-8,13,15H,5-6,9-11H2,(H,21,24)(H,25,26)/t13-,15+/m1/s1. The molecular weight excluding hydrogens is 348 g/mol. The Labute approximate surface area is 156 Å². The van der Waals surface area contributed by atoms with Gasteiger partial charge < -0.3 is 19.7 Å². The number of hydrogen-bond donors (Lipinski definition) is 2. The molecule has 4 rings (SSSR count). The molecule has 2 amide bonds. The van der Waals surface area contributed by atoms with E-state index in [9.17, 15) is 14.4 Å². The van der Waals surface area contributed by atoms with E-state index in [1.54, 1.807) is 11.0 Å². The molecule has 27 heavy (non-hydrogen) atoms. The van der Waals surface area contributed by atoms with Gasteiger partial charge in [-0.25, -0.2) is 0 Å². The summed E-state index contributed by atoms with van der Waals surface area (Å²) in [4.78, 5) is 37.7. The molecule has 1 saturated carbocycles. The van der Waals surface area contributed by atoms with Crippen LogP contribution in [0.15, 0.2) is 41.0 Å². The Kier molecular flexibility index (Phi) is 4.43. The molecule has 140 valence electrons. The minimum atomic E-state index is -0.823. The zero-order chi connectivity index (χ0) is 19.0. The minimum absolute atomic E-state index is 0.0103. The molecule has 7 heteroatoms. The van der Waals surface area contributed by atoms with E-state index in [0.29, 0.717) is 31.2 Å². The van der Waals surface area contributed by atoms with Gasteiger partial charge >= 0.3 is 5.97 Å². The van der Waals surface area contributed by atoms with Gasteiger partial charge in [-0.1, -0.05) is 18.2 Å². The van der Waals surface area contributed by atoms with E-state index in [1.807, 2.05) is 24.3 Å². The van der Waals surface area contributed by atoms with Gasteiger partial charge in [0.15, 0.2) is 5.76 Å².